The van der Waals surface area contributed by atoms with Crippen molar-refractivity contribution in [2.45, 2.75) is 17.2 Å². The molecule has 0 amide bonds. The molecule has 108 valence electrons. The summed E-state index contributed by atoms with van der Waals surface area (Å²) in [4.78, 5) is 2.71. The van der Waals surface area contributed by atoms with E-state index in [1.54, 1.807) is 18.4 Å². The van der Waals surface area contributed by atoms with Crippen molar-refractivity contribution in [1.82, 2.24) is 5.32 Å². The molecule has 1 aromatic carbocycles. The van der Waals surface area contributed by atoms with Crippen LogP contribution in [0, 0.1) is 0 Å². The van der Waals surface area contributed by atoms with E-state index in [1.165, 1.54) is 19.8 Å². The number of thioether (sulfide) groups is 1. The minimum Gasteiger partial charge on any atom is -0.383 e. The van der Waals surface area contributed by atoms with Gasteiger partial charge in [-0.15, -0.1) is 23.1 Å². The molecule has 0 saturated heterocycles. The summed E-state index contributed by atoms with van der Waals surface area (Å²) < 4.78 is 6.18. The van der Waals surface area contributed by atoms with E-state index in [2.05, 4.69) is 57.0 Å². The lowest BCUT2D eigenvalue weighted by atomic mass is 10.2. The van der Waals surface area contributed by atoms with Crippen molar-refractivity contribution in [3.8, 4) is 0 Å². The molecular weight excluding hydrogens is 354 g/mol. The fourth-order valence-electron chi connectivity index (χ4n) is 1.69. The molecule has 0 aliphatic heterocycles. The second kappa shape index (κ2) is 8.85. The SMILES string of the molecule is COCCNCc1ccc(SCc2cc(Br)cs2)cc1. The molecule has 0 aliphatic rings. The minimum absolute atomic E-state index is 0.754. The van der Waals surface area contributed by atoms with Gasteiger partial charge < -0.3 is 10.1 Å². The maximum absolute atomic E-state index is 5.01. The Hall–Kier alpha value is -0.330. The molecular formula is C15H18BrNOS2. The average molecular weight is 372 g/mol. The smallest absolute Gasteiger partial charge is 0.0587 e. The van der Waals surface area contributed by atoms with E-state index in [9.17, 15) is 0 Å². The number of thiophene rings is 1. The van der Waals surface area contributed by atoms with Crippen LogP contribution < -0.4 is 5.32 Å². The fourth-order valence-corrected chi connectivity index (χ4v) is 4.10. The Bertz CT molecular complexity index is 513. The van der Waals surface area contributed by atoms with Gasteiger partial charge in [0.2, 0.25) is 0 Å². The van der Waals surface area contributed by atoms with E-state index in [1.807, 2.05) is 11.8 Å². The molecule has 1 aromatic heterocycles. The third-order valence-corrected chi connectivity index (χ3v) is 5.68. The van der Waals surface area contributed by atoms with Gasteiger partial charge in [0, 0.05) is 45.6 Å². The van der Waals surface area contributed by atoms with Gasteiger partial charge in [0.15, 0.2) is 0 Å². The highest BCUT2D eigenvalue weighted by Gasteiger charge is 2.00. The normalized spacial score (nSPS) is 10.9. The number of ether oxygens (including phenoxy) is 1. The predicted octanol–water partition coefficient (Wildman–Crippen LogP) is 4.54. The maximum Gasteiger partial charge on any atom is 0.0587 e. The second-order valence-corrected chi connectivity index (χ2v) is 7.29. The summed E-state index contributed by atoms with van der Waals surface area (Å²) in [7, 11) is 1.72. The Labute approximate surface area is 137 Å². The Kier molecular flexibility index (Phi) is 7.10. The molecule has 0 radical (unpaired) electrons. The number of nitrogens with one attached hydrogen (secondary N) is 1. The van der Waals surface area contributed by atoms with Crippen LogP contribution in [0.2, 0.25) is 0 Å². The Morgan fingerprint density at radius 3 is 2.75 bits per heavy atom. The van der Waals surface area contributed by atoms with Gasteiger partial charge in [-0.05, 0) is 39.7 Å². The predicted molar refractivity (Wildman–Crippen MR) is 91.6 cm³/mol. The number of benzene rings is 1. The summed E-state index contributed by atoms with van der Waals surface area (Å²) in [6.07, 6.45) is 0. The van der Waals surface area contributed by atoms with Gasteiger partial charge in [-0.3, -0.25) is 0 Å². The number of halogens is 1. The molecule has 0 spiro atoms. The van der Waals surface area contributed by atoms with E-state index >= 15 is 0 Å². The Morgan fingerprint density at radius 2 is 2.10 bits per heavy atom. The molecule has 0 unspecified atom stereocenters. The van der Waals surface area contributed by atoms with Crippen LogP contribution in [0.1, 0.15) is 10.4 Å². The first kappa shape index (κ1) is 16.0. The zero-order chi connectivity index (χ0) is 14.2. The van der Waals surface area contributed by atoms with E-state index < -0.39 is 0 Å². The summed E-state index contributed by atoms with van der Waals surface area (Å²) in [5, 5.41) is 5.48. The molecule has 5 heteroatoms. The first-order chi connectivity index (χ1) is 9.78. The van der Waals surface area contributed by atoms with Crippen molar-refractivity contribution in [2.75, 3.05) is 20.3 Å². The lowest BCUT2D eigenvalue weighted by molar-refractivity contribution is 0.199. The molecule has 1 N–H and O–H groups in total. The maximum atomic E-state index is 5.01. The first-order valence-corrected chi connectivity index (χ1v) is 9.08. The van der Waals surface area contributed by atoms with Gasteiger partial charge in [0.05, 0.1) is 6.61 Å². The quantitative estimate of drug-likeness (QED) is 0.543. The Balaban J connectivity index is 1.76. The third kappa shape index (κ3) is 5.58. The fraction of sp³-hybridized carbons (Fsp3) is 0.333. The van der Waals surface area contributed by atoms with Gasteiger partial charge >= 0.3 is 0 Å². The van der Waals surface area contributed by atoms with Gasteiger partial charge in [-0.1, -0.05) is 12.1 Å². The van der Waals surface area contributed by atoms with Crippen molar-refractivity contribution < 1.29 is 4.74 Å². The van der Waals surface area contributed by atoms with Crippen LogP contribution >= 0.6 is 39.0 Å². The average Bonchev–Trinajstić information content (AvgIpc) is 2.88. The molecule has 20 heavy (non-hydrogen) atoms. The van der Waals surface area contributed by atoms with Crippen LogP contribution in [0.4, 0.5) is 0 Å². The molecule has 0 bridgehead atoms. The standard InChI is InChI=1S/C15H18BrNOS2/c1-18-7-6-17-9-12-2-4-14(5-3-12)20-11-15-8-13(16)10-19-15/h2-5,8,10,17H,6-7,9,11H2,1H3. The van der Waals surface area contributed by atoms with E-state index in [-0.39, 0.29) is 0 Å². The topological polar surface area (TPSA) is 21.3 Å². The molecule has 0 aliphatic carbocycles. The minimum atomic E-state index is 0.754. The highest BCUT2D eigenvalue weighted by molar-refractivity contribution is 9.10. The molecule has 2 nitrogen and oxygen atoms in total. The zero-order valence-electron chi connectivity index (χ0n) is 11.4. The van der Waals surface area contributed by atoms with Gasteiger partial charge in [-0.2, -0.15) is 0 Å². The van der Waals surface area contributed by atoms with Crippen LogP contribution in [-0.2, 0) is 17.0 Å². The van der Waals surface area contributed by atoms with E-state index in [0.717, 1.165) is 25.4 Å². The number of methoxy groups -OCH3 is 1. The van der Waals surface area contributed by atoms with Crippen molar-refractivity contribution in [2.24, 2.45) is 0 Å². The molecule has 2 rings (SSSR count). The van der Waals surface area contributed by atoms with Gasteiger partial charge in [0.1, 0.15) is 0 Å². The molecule has 1 heterocycles. The van der Waals surface area contributed by atoms with Crippen LogP contribution in [0.3, 0.4) is 0 Å². The number of hydrogen-bond donors (Lipinski definition) is 1. The Morgan fingerprint density at radius 1 is 1.30 bits per heavy atom. The van der Waals surface area contributed by atoms with Crippen molar-refractivity contribution in [3.63, 3.8) is 0 Å². The summed E-state index contributed by atoms with van der Waals surface area (Å²) in [5.74, 6) is 1.03. The molecule has 0 atom stereocenters. The summed E-state index contributed by atoms with van der Waals surface area (Å²) in [6, 6.07) is 11.0. The lowest BCUT2D eigenvalue weighted by Gasteiger charge is -2.05. The summed E-state index contributed by atoms with van der Waals surface area (Å²) >= 11 is 7.16. The van der Waals surface area contributed by atoms with Crippen LogP contribution in [-0.4, -0.2) is 20.3 Å². The number of hydrogen-bond acceptors (Lipinski definition) is 4. The molecule has 0 saturated carbocycles. The zero-order valence-corrected chi connectivity index (χ0v) is 14.6. The van der Waals surface area contributed by atoms with E-state index in [4.69, 9.17) is 4.74 Å². The summed E-state index contributed by atoms with van der Waals surface area (Å²) in [6.45, 7) is 2.54. The first-order valence-electron chi connectivity index (χ1n) is 6.42. The third-order valence-electron chi connectivity index (χ3n) is 2.74. The van der Waals surface area contributed by atoms with Crippen molar-refractivity contribution in [3.05, 3.63) is 50.6 Å². The molecule has 2 aromatic rings. The number of rotatable bonds is 8. The van der Waals surface area contributed by atoms with Crippen molar-refractivity contribution >= 4 is 39.0 Å². The van der Waals surface area contributed by atoms with Crippen LogP contribution in [0.25, 0.3) is 0 Å². The van der Waals surface area contributed by atoms with Gasteiger partial charge in [-0.25, -0.2) is 0 Å². The van der Waals surface area contributed by atoms with Crippen LogP contribution in [0.15, 0.2) is 45.1 Å². The largest absolute Gasteiger partial charge is 0.383 e. The highest BCUT2D eigenvalue weighted by Crippen LogP contribution is 2.28. The monoisotopic (exact) mass is 371 g/mol. The van der Waals surface area contributed by atoms with Gasteiger partial charge in [0.25, 0.3) is 0 Å². The molecule has 0 fully saturated rings. The van der Waals surface area contributed by atoms with E-state index in [0.29, 0.717) is 0 Å². The lowest BCUT2D eigenvalue weighted by Crippen LogP contribution is -2.18. The second-order valence-electron chi connectivity index (χ2n) is 4.33. The summed E-state index contributed by atoms with van der Waals surface area (Å²) in [5.41, 5.74) is 1.31. The van der Waals surface area contributed by atoms with Crippen molar-refractivity contribution in [1.29, 1.82) is 0 Å². The highest BCUT2D eigenvalue weighted by atomic mass is 79.9. The van der Waals surface area contributed by atoms with Crippen LogP contribution in [0.5, 0.6) is 0 Å².